The summed E-state index contributed by atoms with van der Waals surface area (Å²) in [5, 5.41) is 3.05. The maximum absolute atomic E-state index is 13.0. The number of ether oxygens (including phenoxy) is 4. The van der Waals surface area contributed by atoms with Crippen LogP contribution in [0.3, 0.4) is 0 Å². The second-order valence-electron chi connectivity index (χ2n) is 6.22. The number of esters is 2. The van der Waals surface area contributed by atoms with Gasteiger partial charge in [-0.2, -0.15) is 0 Å². The molecule has 0 radical (unpaired) electrons. The van der Waals surface area contributed by atoms with E-state index in [2.05, 4.69) is 28.4 Å². The molecule has 0 spiro atoms. The number of nitrogens with zero attached hydrogens (tertiary/aromatic N) is 2. The quantitative estimate of drug-likeness (QED) is 0.479. The van der Waals surface area contributed by atoms with Crippen LogP contribution < -0.4 is 14.8 Å². The second kappa shape index (κ2) is 10.2. The number of dihydropyridines is 1. The number of rotatable bonds is 9. The van der Waals surface area contributed by atoms with E-state index in [0.717, 1.165) is 0 Å². The van der Waals surface area contributed by atoms with Crippen molar-refractivity contribution in [2.24, 2.45) is 0 Å². The van der Waals surface area contributed by atoms with Crippen molar-refractivity contribution in [2.75, 3.05) is 27.4 Å². The highest BCUT2D eigenvalue weighted by molar-refractivity contribution is 6.00. The van der Waals surface area contributed by atoms with Gasteiger partial charge in [-0.3, -0.25) is 0 Å². The van der Waals surface area contributed by atoms with Crippen LogP contribution >= 0.6 is 0 Å². The van der Waals surface area contributed by atoms with Gasteiger partial charge in [0.25, 0.3) is 0 Å². The molecule has 2 heterocycles. The van der Waals surface area contributed by atoms with Crippen molar-refractivity contribution in [3.8, 4) is 11.8 Å². The molecule has 0 saturated heterocycles. The van der Waals surface area contributed by atoms with Gasteiger partial charge in [0.2, 0.25) is 11.8 Å². The fraction of sp³-hybridized carbons (Fsp3) is 0.333. The highest BCUT2D eigenvalue weighted by Gasteiger charge is 2.41. The van der Waals surface area contributed by atoms with Crippen molar-refractivity contribution >= 4 is 11.9 Å². The minimum atomic E-state index is -0.952. The Balaban J connectivity index is 2.77. The van der Waals surface area contributed by atoms with E-state index in [-0.39, 0.29) is 36.1 Å². The van der Waals surface area contributed by atoms with Gasteiger partial charge >= 0.3 is 11.9 Å². The number of carbonyl (C=O) groups excluding carboxylic acids is 2. The standard InChI is InChI=1S/C21H25N3O6/c1-7-9-29-20(25)14-12(3)24-13(4)15(21(26)30-10-8-2)16(14)17-18(27-5)22-11-23-19(17)28-6/h7-8,11,16,24H,1-2,9-10H2,3-6H3. The zero-order valence-corrected chi connectivity index (χ0v) is 17.5. The summed E-state index contributed by atoms with van der Waals surface area (Å²) in [6.45, 7) is 10.5. The van der Waals surface area contributed by atoms with E-state index in [4.69, 9.17) is 18.9 Å². The second-order valence-corrected chi connectivity index (χ2v) is 6.22. The molecule has 30 heavy (non-hydrogen) atoms. The lowest BCUT2D eigenvalue weighted by molar-refractivity contribution is -0.138. The van der Waals surface area contributed by atoms with Crippen molar-refractivity contribution in [1.82, 2.24) is 15.3 Å². The van der Waals surface area contributed by atoms with Gasteiger partial charge in [0.05, 0.1) is 36.8 Å². The summed E-state index contributed by atoms with van der Waals surface area (Å²) < 4.78 is 21.3. The monoisotopic (exact) mass is 415 g/mol. The van der Waals surface area contributed by atoms with Crippen LogP contribution in [0.5, 0.6) is 11.8 Å². The number of aromatic nitrogens is 2. The molecule has 1 aliphatic heterocycles. The van der Waals surface area contributed by atoms with Gasteiger partial charge in [-0.15, -0.1) is 0 Å². The Morgan fingerprint density at radius 1 is 0.967 bits per heavy atom. The summed E-state index contributed by atoms with van der Waals surface area (Å²) in [5.74, 6) is -1.93. The van der Waals surface area contributed by atoms with Crippen molar-refractivity contribution < 1.29 is 28.5 Å². The minimum Gasteiger partial charge on any atom is -0.481 e. The first-order valence-corrected chi connectivity index (χ1v) is 9.08. The summed E-state index contributed by atoms with van der Waals surface area (Å²) in [7, 11) is 2.84. The predicted octanol–water partition coefficient (Wildman–Crippen LogP) is 2.19. The van der Waals surface area contributed by atoms with Crippen LogP contribution in [0.1, 0.15) is 25.3 Å². The normalized spacial score (nSPS) is 14.0. The summed E-state index contributed by atoms with van der Waals surface area (Å²) in [4.78, 5) is 34.2. The molecule has 0 aromatic carbocycles. The van der Waals surface area contributed by atoms with Gasteiger partial charge in [-0.25, -0.2) is 19.6 Å². The largest absolute Gasteiger partial charge is 0.481 e. The van der Waals surface area contributed by atoms with Crippen LogP contribution in [0.25, 0.3) is 0 Å². The lowest BCUT2D eigenvalue weighted by atomic mass is 9.80. The molecule has 160 valence electrons. The molecule has 0 atom stereocenters. The Morgan fingerprint density at radius 3 is 1.77 bits per heavy atom. The van der Waals surface area contributed by atoms with Gasteiger partial charge in [0.15, 0.2) is 0 Å². The molecule has 0 saturated carbocycles. The van der Waals surface area contributed by atoms with Gasteiger partial charge in [0, 0.05) is 11.4 Å². The zero-order valence-electron chi connectivity index (χ0n) is 17.5. The van der Waals surface area contributed by atoms with E-state index in [1.165, 1.54) is 32.7 Å². The minimum absolute atomic E-state index is 0.000827. The van der Waals surface area contributed by atoms with Crippen LogP contribution in [0.15, 0.2) is 54.2 Å². The fourth-order valence-electron chi connectivity index (χ4n) is 3.19. The molecule has 1 aliphatic rings. The highest BCUT2D eigenvalue weighted by Crippen LogP contribution is 2.45. The van der Waals surface area contributed by atoms with Crippen LogP contribution in [0, 0.1) is 0 Å². The molecule has 0 fully saturated rings. The number of methoxy groups -OCH3 is 2. The predicted molar refractivity (Wildman–Crippen MR) is 109 cm³/mol. The Kier molecular flexibility index (Phi) is 7.74. The van der Waals surface area contributed by atoms with Crippen LogP contribution in [0.2, 0.25) is 0 Å². The van der Waals surface area contributed by atoms with Crippen molar-refractivity contribution in [3.63, 3.8) is 0 Å². The Morgan fingerprint density at radius 2 is 1.40 bits per heavy atom. The van der Waals surface area contributed by atoms with E-state index in [1.807, 2.05) is 0 Å². The molecule has 0 unspecified atom stereocenters. The molecule has 0 bridgehead atoms. The van der Waals surface area contributed by atoms with Gasteiger partial charge in [-0.05, 0) is 13.8 Å². The number of carbonyl (C=O) groups is 2. The summed E-state index contributed by atoms with van der Waals surface area (Å²) >= 11 is 0. The average Bonchev–Trinajstić information content (AvgIpc) is 2.74. The molecule has 2 rings (SSSR count). The molecule has 1 aromatic rings. The van der Waals surface area contributed by atoms with Crippen LogP contribution in [0.4, 0.5) is 0 Å². The molecular weight excluding hydrogens is 390 g/mol. The number of nitrogens with one attached hydrogen (secondary N) is 1. The lowest BCUT2D eigenvalue weighted by Crippen LogP contribution is -2.33. The SMILES string of the molecule is C=CCOC(=O)C1=C(C)NC(C)=C(C(=O)OCC=C)C1c1c(OC)ncnc1OC. The fourth-order valence-corrected chi connectivity index (χ4v) is 3.19. The Labute approximate surface area is 175 Å². The van der Waals surface area contributed by atoms with Crippen LogP contribution in [-0.2, 0) is 19.1 Å². The topological polar surface area (TPSA) is 109 Å². The molecule has 9 nitrogen and oxygen atoms in total. The Hall–Kier alpha value is -3.62. The third-order valence-electron chi connectivity index (χ3n) is 4.35. The van der Waals surface area contributed by atoms with Gasteiger partial charge in [0.1, 0.15) is 19.5 Å². The summed E-state index contributed by atoms with van der Waals surface area (Å²) in [6, 6.07) is 0. The highest BCUT2D eigenvalue weighted by atomic mass is 16.5. The lowest BCUT2D eigenvalue weighted by Gasteiger charge is -2.31. The van der Waals surface area contributed by atoms with Crippen molar-refractivity contribution in [2.45, 2.75) is 19.8 Å². The number of allylic oxidation sites excluding steroid dienone is 2. The first-order valence-electron chi connectivity index (χ1n) is 9.08. The number of hydrogen-bond donors (Lipinski definition) is 1. The van der Waals surface area contributed by atoms with Gasteiger partial charge in [-0.1, -0.05) is 25.3 Å². The first-order chi connectivity index (χ1) is 14.4. The molecule has 0 amide bonds. The maximum atomic E-state index is 13.0. The van der Waals surface area contributed by atoms with E-state index < -0.39 is 17.9 Å². The molecular formula is C21H25N3O6. The van der Waals surface area contributed by atoms with E-state index in [9.17, 15) is 9.59 Å². The molecule has 1 aromatic heterocycles. The van der Waals surface area contributed by atoms with E-state index in [1.54, 1.807) is 13.8 Å². The van der Waals surface area contributed by atoms with E-state index >= 15 is 0 Å². The molecule has 0 aliphatic carbocycles. The van der Waals surface area contributed by atoms with E-state index in [0.29, 0.717) is 17.0 Å². The average molecular weight is 415 g/mol. The third kappa shape index (κ3) is 4.51. The first kappa shape index (κ1) is 22.7. The Bertz CT molecular complexity index is 851. The van der Waals surface area contributed by atoms with Crippen molar-refractivity contribution in [3.05, 3.63) is 59.7 Å². The zero-order chi connectivity index (χ0) is 22.3. The molecule has 9 heteroatoms. The summed E-state index contributed by atoms with van der Waals surface area (Å²) in [5.41, 5.74) is 1.66. The summed E-state index contributed by atoms with van der Waals surface area (Å²) in [6.07, 6.45) is 4.17. The maximum Gasteiger partial charge on any atom is 0.337 e. The molecule has 1 N–H and O–H groups in total. The third-order valence-corrected chi connectivity index (χ3v) is 4.35. The smallest absolute Gasteiger partial charge is 0.337 e. The van der Waals surface area contributed by atoms with Crippen molar-refractivity contribution in [1.29, 1.82) is 0 Å². The van der Waals surface area contributed by atoms with Gasteiger partial charge < -0.3 is 24.3 Å². The van der Waals surface area contributed by atoms with Crippen LogP contribution in [-0.4, -0.2) is 49.3 Å². The number of hydrogen-bond acceptors (Lipinski definition) is 9.